The van der Waals surface area contributed by atoms with Crippen molar-refractivity contribution in [3.8, 4) is 17.1 Å². The van der Waals surface area contributed by atoms with Crippen molar-refractivity contribution in [3.63, 3.8) is 0 Å². The van der Waals surface area contributed by atoms with E-state index < -0.39 is 0 Å². The van der Waals surface area contributed by atoms with Crippen LogP contribution in [0.5, 0.6) is 5.75 Å². The van der Waals surface area contributed by atoms with Crippen molar-refractivity contribution in [3.05, 3.63) is 42.5 Å². The zero-order chi connectivity index (χ0) is 13.2. The van der Waals surface area contributed by atoms with Crippen molar-refractivity contribution in [2.45, 2.75) is 0 Å². The van der Waals surface area contributed by atoms with Gasteiger partial charge in [0.05, 0.1) is 18.2 Å². The molecule has 0 unspecified atom stereocenters. The summed E-state index contributed by atoms with van der Waals surface area (Å²) in [7, 11) is 1.59. The number of aromatic nitrogens is 3. The molecule has 94 valence electrons. The highest BCUT2D eigenvalue weighted by Crippen LogP contribution is 2.29. The number of rotatable bonds is 2. The fraction of sp³-hybridized carbons (Fsp3) is 0.0714. The Morgan fingerprint density at radius 1 is 1.00 bits per heavy atom. The summed E-state index contributed by atoms with van der Waals surface area (Å²) in [6.45, 7) is 0. The van der Waals surface area contributed by atoms with E-state index in [1.165, 1.54) is 0 Å². The number of fused-ring (bicyclic) bond motifs is 1. The van der Waals surface area contributed by atoms with E-state index in [0.29, 0.717) is 17.3 Å². The largest absolute Gasteiger partial charge is 0.496 e. The number of anilines is 1. The molecule has 2 N–H and O–H groups in total. The van der Waals surface area contributed by atoms with Gasteiger partial charge >= 0.3 is 0 Å². The molecule has 0 amide bonds. The molecule has 0 radical (unpaired) electrons. The van der Waals surface area contributed by atoms with Crippen molar-refractivity contribution in [1.82, 2.24) is 15.2 Å². The van der Waals surface area contributed by atoms with E-state index in [4.69, 9.17) is 10.5 Å². The molecule has 0 bridgehead atoms. The number of methoxy groups -OCH3 is 1. The normalized spacial score (nSPS) is 10.6. The van der Waals surface area contributed by atoms with Gasteiger partial charge < -0.3 is 10.5 Å². The van der Waals surface area contributed by atoms with Crippen LogP contribution in [0.15, 0.2) is 42.5 Å². The van der Waals surface area contributed by atoms with Crippen LogP contribution in [0.4, 0.5) is 5.69 Å². The van der Waals surface area contributed by atoms with Crippen LogP contribution in [0.2, 0.25) is 0 Å². The quantitative estimate of drug-likeness (QED) is 0.708. The molecule has 0 aliphatic carbocycles. The number of nitrogens with two attached hydrogens (primary N) is 1. The van der Waals surface area contributed by atoms with E-state index in [0.717, 1.165) is 16.6 Å². The van der Waals surface area contributed by atoms with Crippen molar-refractivity contribution in [2.24, 2.45) is 0 Å². The van der Waals surface area contributed by atoms with E-state index in [1.54, 1.807) is 19.2 Å². The SMILES string of the molecule is COc1cc(N)ccc1-c1nnc2ccccc2n1. The average Bonchev–Trinajstić information content (AvgIpc) is 2.46. The van der Waals surface area contributed by atoms with Gasteiger partial charge in [-0.15, -0.1) is 10.2 Å². The molecule has 3 aromatic rings. The Kier molecular flexibility index (Phi) is 2.72. The van der Waals surface area contributed by atoms with E-state index in [-0.39, 0.29) is 0 Å². The predicted octanol–water partition coefficient (Wildman–Crippen LogP) is 2.28. The summed E-state index contributed by atoms with van der Waals surface area (Å²) >= 11 is 0. The van der Waals surface area contributed by atoms with E-state index in [1.807, 2.05) is 30.3 Å². The molecule has 5 nitrogen and oxygen atoms in total. The van der Waals surface area contributed by atoms with Crippen LogP contribution in [0.1, 0.15) is 0 Å². The minimum atomic E-state index is 0.524. The maximum atomic E-state index is 5.74. The Balaban J connectivity index is 2.18. The fourth-order valence-electron chi connectivity index (χ4n) is 1.89. The summed E-state index contributed by atoms with van der Waals surface area (Å²) in [6.07, 6.45) is 0. The molecule has 1 aromatic heterocycles. The van der Waals surface area contributed by atoms with Crippen LogP contribution in [0, 0.1) is 0 Å². The van der Waals surface area contributed by atoms with E-state index in [2.05, 4.69) is 15.2 Å². The molecule has 0 atom stereocenters. The molecule has 5 heteroatoms. The smallest absolute Gasteiger partial charge is 0.186 e. The molecule has 0 saturated carbocycles. The minimum absolute atomic E-state index is 0.524. The average molecular weight is 252 g/mol. The second kappa shape index (κ2) is 4.53. The van der Waals surface area contributed by atoms with Crippen molar-refractivity contribution < 1.29 is 4.74 Å². The fourth-order valence-corrected chi connectivity index (χ4v) is 1.89. The summed E-state index contributed by atoms with van der Waals surface area (Å²) < 4.78 is 5.30. The van der Waals surface area contributed by atoms with Crippen LogP contribution < -0.4 is 10.5 Å². The number of ether oxygens (including phenoxy) is 1. The van der Waals surface area contributed by atoms with Gasteiger partial charge in [-0.25, -0.2) is 4.98 Å². The van der Waals surface area contributed by atoms with Gasteiger partial charge in [0.1, 0.15) is 11.3 Å². The number of hydrogen-bond donors (Lipinski definition) is 1. The van der Waals surface area contributed by atoms with E-state index in [9.17, 15) is 0 Å². The van der Waals surface area contributed by atoms with Crippen LogP contribution in [-0.2, 0) is 0 Å². The molecule has 0 aliphatic rings. The Morgan fingerprint density at radius 2 is 1.79 bits per heavy atom. The molecule has 0 fully saturated rings. The van der Waals surface area contributed by atoms with Gasteiger partial charge in [-0.05, 0) is 24.3 Å². The first-order chi connectivity index (χ1) is 9.28. The molecule has 1 heterocycles. The summed E-state index contributed by atoms with van der Waals surface area (Å²) in [6, 6.07) is 13.0. The van der Waals surface area contributed by atoms with Gasteiger partial charge in [0, 0.05) is 11.8 Å². The Hall–Kier alpha value is -2.69. The summed E-state index contributed by atoms with van der Waals surface area (Å²) in [5, 5.41) is 8.29. The van der Waals surface area contributed by atoms with E-state index >= 15 is 0 Å². The number of nitrogens with zero attached hydrogens (tertiary/aromatic N) is 3. The molecular weight excluding hydrogens is 240 g/mol. The predicted molar refractivity (Wildman–Crippen MR) is 73.7 cm³/mol. The molecule has 0 saturated heterocycles. The second-order valence-corrected chi connectivity index (χ2v) is 4.08. The lowest BCUT2D eigenvalue weighted by Gasteiger charge is -2.08. The maximum absolute atomic E-state index is 5.74. The number of benzene rings is 2. The molecule has 0 spiro atoms. The van der Waals surface area contributed by atoms with Gasteiger partial charge in [-0.2, -0.15) is 0 Å². The lowest BCUT2D eigenvalue weighted by Crippen LogP contribution is -1.97. The highest BCUT2D eigenvalue weighted by Gasteiger charge is 2.10. The Bertz CT molecular complexity index is 742. The number of hydrogen-bond acceptors (Lipinski definition) is 5. The standard InChI is InChI=1S/C14H12N4O/c1-19-13-8-9(15)6-7-10(13)14-16-11-4-2-3-5-12(11)17-18-14/h2-8H,15H2,1H3. The number of nitrogen functional groups attached to an aromatic ring is 1. The lowest BCUT2D eigenvalue weighted by molar-refractivity contribution is 0.416. The third-order valence-electron chi connectivity index (χ3n) is 2.83. The van der Waals surface area contributed by atoms with Crippen LogP contribution in [0.3, 0.4) is 0 Å². The van der Waals surface area contributed by atoms with Crippen molar-refractivity contribution in [1.29, 1.82) is 0 Å². The highest BCUT2D eigenvalue weighted by molar-refractivity contribution is 5.77. The Labute approximate surface area is 110 Å². The van der Waals surface area contributed by atoms with Gasteiger partial charge in [-0.3, -0.25) is 0 Å². The third kappa shape index (κ3) is 2.06. The topological polar surface area (TPSA) is 73.9 Å². The molecule has 0 aliphatic heterocycles. The van der Waals surface area contributed by atoms with Crippen LogP contribution in [0.25, 0.3) is 22.4 Å². The first-order valence-electron chi connectivity index (χ1n) is 5.81. The van der Waals surface area contributed by atoms with Crippen molar-refractivity contribution >= 4 is 16.7 Å². The lowest BCUT2D eigenvalue weighted by atomic mass is 10.1. The summed E-state index contributed by atoms with van der Waals surface area (Å²) in [5.74, 6) is 1.16. The molecular formula is C14H12N4O. The molecule has 19 heavy (non-hydrogen) atoms. The van der Waals surface area contributed by atoms with Gasteiger partial charge in [0.15, 0.2) is 5.82 Å². The molecule has 3 rings (SSSR count). The second-order valence-electron chi connectivity index (χ2n) is 4.08. The number of para-hydroxylation sites is 1. The van der Waals surface area contributed by atoms with Crippen LogP contribution in [-0.4, -0.2) is 22.3 Å². The minimum Gasteiger partial charge on any atom is -0.496 e. The summed E-state index contributed by atoms with van der Waals surface area (Å²) in [4.78, 5) is 4.49. The first kappa shape index (κ1) is 11.4. The van der Waals surface area contributed by atoms with Gasteiger partial charge in [-0.1, -0.05) is 12.1 Å². The highest BCUT2D eigenvalue weighted by atomic mass is 16.5. The molecule has 2 aromatic carbocycles. The summed E-state index contributed by atoms with van der Waals surface area (Å²) in [5.41, 5.74) is 8.70. The van der Waals surface area contributed by atoms with Crippen LogP contribution >= 0.6 is 0 Å². The van der Waals surface area contributed by atoms with Crippen molar-refractivity contribution in [2.75, 3.05) is 12.8 Å². The maximum Gasteiger partial charge on any atom is 0.186 e. The van der Waals surface area contributed by atoms with Gasteiger partial charge in [0.2, 0.25) is 0 Å². The zero-order valence-electron chi connectivity index (χ0n) is 10.4. The first-order valence-corrected chi connectivity index (χ1v) is 5.81. The zero-order valence-corrected chi connectivity index (χ0v) is 10.4. The van der Waals surface area contributed by atoms with Gasteiger partial charge in [0.25, 0.3) is 0 Å². The third-order valence-corrected chi connectivity index (χ3v) is 2.83. The monoisotopic (exact) mass is 252 g/mol. The Morgan fingerprint density at radius 3 is 2.58 bits per heavy atom.